The maximum Gasteiger partial charge on any atom is 0.322 e. The molecule has 0 spiro atoms. The Morgan fingerprint density at radius 2 is 0.926 bits per heavy atom. The summed E-state index contributed by atoms with van der Waals surface area (Å²) in [5.74, 6) is -3.84. The molecule has 0 atom stereocenters. The standard InChI is InChI=1S/C19H17Br2FN2O5.C19H18Cl2FNO4.C18H17Br2NO4/c1-2-16(25)24-13-4-10(3-12(22)7-13)9-29-18-14(20)5-11(6-15(18)21)19(28)23-8-17(26)27;1-2-17(24)23-14-6-12(5-13(22)9-14)10-27-19-15(20)7-11(8-16(19)21)3-4-18(25)26;1-2-16(22)21-13-5-3-4-11(6-13)10-25-18-14(19)7-12(8-15(18)20)9-17(23)24/h3-7H,2,8-9H2,1H3,(H,23,28)(H,24,25)(H,26,27);5-9H,2-4,10H2,1H3,(H,23,24)(H,25,26);3-8H,2,9-10H2,1H3,(H,21,22)(H,23,24). The number of aryl methyl sites for hydroxylation is 1. The second-order valence-electron chi connectivity index (χ2n) is 17.1. The predicted molar refractivity (Wildman–Crippen MR) is 316 cm³/mol. The van der Waals surface area contributed by atoms with E-state index in [1.807, 2.05) is 24.3 Å². The van der Waals surface area contributed by atoms with E-state index in [9.17, 15) is 42.3 Å². The number of rotatable bonds is 23. The normalized spacial score (nSPS) is 10.4. The largest absolute Gasteiger partial charge is 0.487 e. The summed E-state index contributed by atoms with van der Waals surface area (Å²) in [6.07, 6.45) is 1.16. The number of amides is 4. The molecule has 0 aliphatic heterocycles. The first-order valence-corrected chi connectivity index (χ1v) is 28.1. The Labute approximate surface area is 507 Å². The number of hydrogen-bond acceptors (Lipinski definition) is 10. The molecule has 0 aromatic heterocycles. The minimum absolute atomic E-state index is 0.00845. The highest BCUT2D eigenvalue weighted by Crippen LogP contribution is 2.38. The molecule has 6 rings (SSSR count). The number of halogens is 8. The average molecular weight is 1420 g/mol. The number of aliphatic carboxylic acids is 3. The van der Waals surface area contributed by atoms with E-state index in [0.717, 1.165) is 11.3 Å². The van der Waals surface area contributed by atoms with Crippen LogP contribution in [0.2, 0.25) is 10.0 Å². The van der Waals surface area contributed by atoms with Crippen LogP contribution in [-0.4, -0.2) is 63.4 Å². The fraction of sp³-hybridized carbons (Fsp3) is 0.232. The molecule has 0 heterocycles. The number of carboxylic acid groups (broad SMARTS) is 3. The van der Waals surface area contributed by atoms with E-state index in [0.29, 0.717) is 82.5 Å². The van der Waals surface area contributed by atoms with Gasteiger partial charge in [0.05, 0.1) is 34.4 Å². The van der Waals surface area contributed by atoms with Crippen LogP contribution >= 0.6 is 86.9 Å². The van der Waals surface area contributed by atoms with E-state index in [2.05, 4.69) is 85.0 Å². The number of benzene rings is 6. The topological polar surface area (TPSA) is 256 Å². The van der Waals surface area contributed by atoms with E-state index in [1.165, 1.54) is 36.4 Å². The SMILES string of the molecule is CCC(=O)Nc1cc(F)cc(COc2c(Br)cc(C(=O)NCC(=O)O)cc2Br)c1.CCC(=O)Nc1cc(F)cc(COc2c(Cl)cc(CCC(=O)O)cc2Cl)c1.CCC(=O)Nc1cccc(COc2c(Br)cc(CC(=O)O)cc2Br)c1. The summed E-state index contributed by atoms with van der Waals surface area (Å²) in [6.45, 7) is 5.00. The van der Waals surface area contributed by atoms with Gasteiger partial charge in [-0.3, -0.25) is 33.6 Å². The van der Waals surface area contributed by atoms with Gasteiger partial charge in [0.2, 0.25) is 17.7 Å². The second-order valence-corrected chi connectivity index (χ2v) is 21.3. The molecule has 81 heavy (non-hydrogen) atoms. The summed E-state index contributed by atoms with van der Waals surface area (Å²) in [4.78, 5) is 78.5. The van der Waals surface area contributed by atoms with Crippen molar-refractivity contribution >= 4 is 146 Å². The van der Waals surface area contributed by atoms with Crippen LogP contribution in [0.4, 0.5) is 25.8 Å². The van der Waals surface area contributed by atoms with Crippen LogP contribution in [-0.2, 0) is 61.4 Å². The lowest BCUT2D eigenvalue weighted by Gasteiger charge is -2.13. The third kappa shape index (κ3) is 23.4. The van der Waals surface area contributed by atoms with Gasteiger partial charge >= 0.3 is 17.9 Å². The van der Waals surface area contributed by atoms with Gasteiger partial charge in [-0.05, 0) is 183 Å². The number of ether oxygens (including phenoxy) is 3. The highest BCUT2D eigenvalue weighted by molar-refractivity contribution is 9.11. The first-order valence-electron chi connectivity index (χ1n) is 24.2. The van der Waals surface area contributed by atoms with Gasteiger partial charge in [-0.15, -0.1) is 0 Å². The van der Waals surface area contributed by atoms with Crippen LogP contribution in [0.3, 0.4) is 0 Å². The highest BCUT2D eigenvalue weighted by Gasteiger charge is 2.17. The first-order chi connectivity index (χ1) is 38.4. The van der Waals surface area contributed by atoms with Crippen molar-refractivity contribution in [1.82, 2.24) is 5.32 Å². The minimum Gasteiger partial charge on any atom is -0.487 e. The molecule has 0 aliphatic carbocycles. The Bertz CT molecular complexity index is 3220. The third-order valence-electron chi connectivity index (χ3n) is 10.6. The number of carbonyl (C=O) groups excluding carboxylic acids is 4. The zero-order chi connectivity index (χ0) is 59.9. The summed E-state index contributed by atoms with van der Waals surface area (Å²) < 4.78 is 47.0. The molecule has 25 heteroatoms. The number of nitrogens with one attached hydrogen (secondary N) is 4. The smallest absolute Gasteiger partial charge is 0.322 e. The fourth-order valence-corrected chi connectivity index (χ4v) is 10.4. The Morgan fingerprint density at radius 1 is 0.494 bits per heavy atom. The average Bonchev–Trinajstić information content (AvgIpc) is 3.38. The van der Waals surface area contributed by atoms with Crippen LogP contribution in [0.1, 0.15) is 84.6 Å². The monoisotopic (exact) mass is 1410 g/mol. The van der Waals surface area contributed by atoms with Crippen molar-refractivity contribution in [3.8, 4) is 17.2 Å². The van der Waals surface area contributed by atoms with Crippen molar-refractivity contribution in [2.45, 2.75) is 79.1 Å². The maximum absolute atomic E-state index is 13.8. The molecule has 0 saturated heterocycles. The molecule has 6 aromatic rings. The second kappa shape index (κ2) is 33.3. The van der Waals surface area contributed by atoms with Crippen LogP contribution in [0.25, 0.3) is 0 Å². The van der Waals surface area contributed by atoms with Gasteiger partial charge in [0.1, 0.15) is 49.5 Å². The zero-order valence-electron chi connectivity index (χ0n) is 43.3. The Kier molecular flexibility index (Phi) is 27.5. The van der Waals surface area contributed by atoms with Crippen LogP contribution in [0, 0.1) is 11.6 Å². The molecule has 6 aromatic carbocycles. The van der Waals surface area contributed by atoms with Crippen molar-refractivity contribution in [3.63, 3.8) is 0 Å². The lowest BCUT2D eigenvalue weighted by atomic mass is 10.1. The van der Waals surface area contributed by atoms with Crippen molar-refractivity contribution in [1.29, 1.82) is 0 Å². The molecule has 0 radical (unpaired) electrons. The van der Waals surface area contributed by atoms with Crippen molar-refractivity contribution in [2.24, 2.45) is 0 Å². The van der Waals surface area contributed by atoms with E-state index in [-0.39, 0.29) is 78.0 Å². The Balaban J connectivity index is 0.000000262. The molecule has 0 aliphatic rings. The highest BCUT2D eigenvalue weighted by atomic mass is 79.9. The molecule has 430 valence electrons. The van der Waals surface area contributed by atoms with Gasteiger partial charge in [-0.2, -0.15) is 0 Å². The van der Waals surface area contributed by atoms with E-state index < -0.39 is 42.0 Å². The molecule has 0 fully saturated rings. The Morgan fingerprint density at radius 3 is 1.37 bits per heavy atom. The zero-order valence-corrected chi connectivity index (χ0v) is 51.1. The van der Waals surface area contributed by atoms with Crippen molar-refractivity contribution in [2.75, 3.05) is 22.5 Å². The maximum atomic E-state index is 13.8. The minimum atomic E-state index is -1.15. The van der Waals surface area contributed by atoms with Gasteiger partial charge in [0.25, 0.3) is 5.91 Å². The molecule has 4 amide bonds. The molecule has 7 N–H and O–H groups in total. The summed E-state index contributed by atoms with van der Waals surface area (Å²) in [5.41, 5.74) is 4.86. The third-order valence-corrected chi connectivity index (χ3v) is 13.5. The summed E-state index contributed by atoms with van der Waals surface area (Å²) in [7, 11) is 0. The summed E-state index contributed by atoms with van der Waals surface area (Å²) in [6, 6.07) is 25.2. The molecular weight excluding hydrogens is 1370 g/mol. The lowest BCUT2D eigenvalue weighted by molar-refractivity contribution is -0.137. The van der Waals surface area contributed by atoms with Crippen molar-refractivity contribution in [3.05, 3.63) is 170 Å². The molecule has 0 unspecified atom stereocenters. The number of anilines is 3. The van der Waals surface area contributed by atoms with Gasteiger partial charge in [0, 0.05) is 48.3 Å². The molecular formula is C56H52Br4Cl2F2N4O13. The summed E-state index contributed by atoms with van der Waals surface area (Å²) in [5, 5.41) is 37.0. The van der Waals surface area contributed by atoms with Gasteiger partial charge in [-0.1, -0.05) is 56.1 Å². The van der Waals surface area contributed by atoms with E-state index in [1.54, 1.807) is 57.2 Å². The fourth-order valence-electron chi connectivity index (χ4n) is 6.82. The number of hydrogen-bond donors (Lipinski definition) is 7. The molecule has 0 saturated carbocycles. The van der Waals surface area contributed by atoms with E-state index >= 15 is 0 Å². The van der Waals surface area contributed by atoms with E-state index in [4.69, 9.17) is 52.7 Å². The Hall–Kier alpha value is -6.63. The van der Waals surface area contributed by atoms with Gasteiger partial charge < -0.3 is 50.8 Å². The predicted octanol–water partition coefficient (Wildman–Crippen LogP) is 13.9. The lowest BCUT2D eigenvalue weighted by Crippen LogP contribution is -2.29. The van der Waals surface area contributed by atoms with Crippen LogP contribution < -0.4 is 35.5 Å². The number of carboxylic acids is 3. The van der Waals surface area contributed by atoms with Crippen LogP contribution in [0.5, 0.6) is 17.2 Å². The quantitative estimate of drug-likeness (QED) is 0.0315. The molecule has 17 nitrogen and oxygen atoms in total. The van der Waals surface area contributed by atoms with Crippen LogP contribution in [0.15, 0.2) is 115 Å². The molecule has 0 bridgehead atoms. The van der Waals surface area contributed by atoms with Gasteiger partial charge in [0.15, 0.2) is 5.75 Å². The first kappa shape index (κ1) is 66.9. The number of carbonyl (C=O) groups is 7. The van der Waals surface area contributed by atoms with Crippen molar-refractivity contribution < 1.29 is 71.9 Å². The van der Waals surface area contributed by atoms with Gasteiger partial charge in [-0.25, -0.2) is 8.78 Å². The summed E-state index contributed by atoms with van der Waals surface area (Å²) >= 11 is 25.8.